The molecule has 1 N–H and O–H groups in total. The fourth-order valence-corrected chi connectivity index (χ4v) is 3.15. The maximum absolute atomic E-state index is 12.3. The van der Waals surface area contributed by atoms with E-state index in [1.807, 2.05) is 4.90 Å². The van der Waals surface area contributed by atoms with E-state index in [4.69, 9.17) is 5.11 Å². The molecule has 2 aliphatic rings. The third kappa shape index (κ3) is 3.82. The SMILES string of the molecule is O=C(O)[C@H]1CCCN1C1CCN(CC(F)(F)F)CC1. The van der Waals surface area contributed by atoms with Gasteiger partial charge < -0.3 is 5.11 Å². The molecule has 0 aromatic heterocycles. The highest BCUT2D eigenvalue weighted by atomic mass is 19.4. The Morgan fingerprint density at radius 3 is 2.32 bits per heavy atom. The van der Waals surface area contributed by atoms with Gasteiger partial charge in [0.2, 0.25) is 0 Å². The lowest BCUT2D eigenvalue weighted by molar-refractivity contribution is -0.150. The minimum absolute atomic E-state index is 0.119. The Kier molecular flexibility index (Phi) is 4.35. The molecule has 2 aliphatic heterocycles. The number of carboxylic acids is 1. The average molecular weight is 280 g/mol. The highest BCUT2D eigenvalue weighted by Crippen LogP contribution is 2.27. The number of rotatable bonds is 3. The van der Waals surface area contributed by atoms with E-state index in [1.54, 1.807) is 0 Å². The molecule has 2 heterocycles. The number of alkyl halides is 3. The summed E-state index contributed by atoms with van der Waals surface area (Å²) in [5.74, 6) is -0.810. The quantitative estimate of drug-likeness (QED) is 0.852. The highest BCUT2D eigenvalue weighted by Gasteiger charge is 2.38. The van der Waals surface area contributed by atoms with Crippen LogP contribution < -0.4 is 0 Å². The van der Waals surface area contributed by atoms with Gasteiger partial charge in [0.15, 0.2) is 0 Å². The summed E-state index contributed by atoms with van der Waals surface area (Å²) in [4.78, 5) is 14.5. The molecule has 0 aromatic rings. The van der Waals surface area contributed by atoms with Crippen LogP contribution in [0.15, 0.2) is 0 Å². The summed E-state index contributed by atoms with van der Waals surface area (Å²) in [7, 11) is 0. The van der Waals surface area contributed by atoms with Crippen LogP contribution in [0, 0.1) is 0 Å². The molecule has 0 saturated carbocycles. The van der Waals surface area contributed by atoms with E-state index >= 15 is 0 Å². The van der Waals surface area contributed by atoms with E-state index in [-0.39, 0.29) is 6.04 Å². The summed E-state index contributed by atoms with van der Waals surface area (Å²) >= 11 is 0. The van der Waals surface area contributed by atoms with Crippen molar-refractivity contribution in [2.75, 3.05) is 26.2 Å². The standard InChI is InChI=1S/C12H19F3N2O2/c13-12(14,15)8-16-6-3-9(4-7-16)17-5-1-2-10(17)11(18)19/h9-10H,1-8H2,(H,18,19)/t10-/m1/s1. The van der Waals surface area contributed by atoms with E-state index in [0.717, 1.165) is 13.0 Å². The highest BCUT2D eigenvalue weighted by molar-refractivity contribution is 5.73. The van der Waals surface area contributed by atoms with Gasteiger partial charge in [-0.05, 0) is 45.3 Å². The van der Waals surface area contributed by atoms with Crippen LogP contribution in [0.5, 0.6) is 0 Å². The van der Waals surface area contributed by atoms with Gasteiger partial charge >= 0.3 is 12.1 Å². The molecule has 0 aliphatic carbocycles. The van der Waals surface area contributed by atoms with Gasteiger partial charge in [0.1, 0.15) is 6.04 Å². The Bertz CT molecular complexity index is 327. The van der Waals surface area contributed by atoms with Crippen molar-refractivity contribution in [1.29, 1.82) is 0 Å². The van der Waals surface area contributed by atoms with Crippen LogP contribution in [-0.4, -0.2) is 65.3 Å². The summed E-state index contributed by atoms with van der Waals surface area (Å²) in [5, 5.41) is 9.12. The van der Waals surface area contributed by atoms with Crippen LogP contribution in [-0.2, 0) is 4.79 Å². The molecular weight excluding hydrogens is 261 g/mol. The molecule has 1 atom stereocenters. The zero-order valence-corrected chi connectivity index (χ0v) is 10.7. The lowest BCUT2D eigenvalue weighted by Crippen LogP contribution is -2.50. The lowest BCUT2D eigenvalue weighted by Gasteiger charge is -2.38. The minimum atomic E-state index is -4.15. The smallest absolute Gasteiger partial charge is 0.401 e. The molecule has 0 bridgehead atoms. The second kappa shape index (κ2) is 5.66. The third-order valence-electron chi connectivity index (χ3n) is 4.01. The van der Waals surface area contributed by atoms with Crippen molar-refractivity contribution < 1.29 is 23.1 Å². The molecular formula is C12H19F3N2O2. The van der Waals surface area contributed by atoms with Gasteiger partial charge in [0.25, 0.3) is 0 Å². The van der Waals surface area contributed by atoms with Crippen molar-refractivity contribution in [3.8, 4) is 0 Å². The number of piperidine rings is 1. The summed E-state index contributed by atoms with van der Waals surface area (Å²) in [6.07, 6.45) is -1.39. The van der Waals surface area contributed by atoms with E-state index in [9.17, 15) is 18.0 Å². The van der Waals surface area contributed by atoms with Crippen LogP contribution >= 0.6 is 0 Å². The predicted molar refractivity (Wildman–Crippen MR) is 62.9 cm³/mol. The normalized spacial score (nSPS) is 27.8. The first-order valence-corrected chi connectivity index (χ1v) is 6.64. The number of carbonyl (C=O) groups is 1. The molecule has 4 nitrogen and oxygen atoms in total. The maximum Gasteiger partial charge on any atom is 0.401 e. The molecule has 0 amide bonds. The number of likely N-dealkylation sites (tertiary alicyclic amines) is 2. The van der Waals surface area contributed by atoms with E-state index < -0.39 is 24.7 Å². The lowest BCUT2D eigenvalue weighted by atomic mass is 10.0. The van der Waals surface area contributed by atoms with Crippen molar-refractivity contribution in [2.45, 2.75) is 43.9 Å². The molecule has 19 heavy (non-hydrogen) atoms. The monoisotopic (exact) mass is 280 g/mol. The topological polar surface area (TPSA) is 43.8 Å². The molecule has 2 saturated heterocycles. The van der Waals surface area contributed by atoms with Crippen LogP contribution in [0.4, 0.5) is 13.2 Å². The van der Waals surface area contributed by atoms with Gasteiger partial charge in [-0.15, -0.1) is 0 Å². The molecule has 2 rings (SSSR count). The second-order valence-corrected chi connectivity index (χ2v) is 5.36. The number of hydrogen-bond donors (Lipinski definition) is 1. The van der Waals surface area contributed by atoms with Crippen molar-refractivity contribution in [3.63, 3.8) is 0 Å². The van der Waals surface area contributed by atoms with E-state index in [2.05, 4.69) is 0 Å². The molecule has 0 unspecified atom stereocenters. The van der Waals surface area contributed by atoms with Gasteiger partial charge in [-0.1, -0.05) is 0 Å². The van der Waals surface area contributed by atoms with E-state index in [1.165, 1.54) is 4.90 Å². The molecule has 2 fully saturated rings. The molecule has 0 spiro atoms. The van der Waals surface area contributed by atoms with Gasteiger partial charge in [-0.2, -0.15) is 13.2 Å². The number of halogens is 3. The van der Waals surface area contributed by atoms with Gasteiger partial charge in [0, 0.05) is 6.04 Å². The number of nitrogens with zero attached hydrogens (tertiary/aromatic N) is 2. The van der Waals surface area contributed by atoms with Crippen LogP contribution in [0.2, 0.25) is 0 Å². The fraction of sp³-hybridized carbons (Fsp3) is 0.917. The van der Waals surface area contributed by atoms with Crippen LogP contribution in [0.1, 0.15) is 25.7 Å². The van der Waals surface area contributed by atoms with Crippen molar-refractivity contribution in [2.24, 2.45) is 0 Å². The molecule has 110 valence electrons. The summed E-state index contributed by atoms with van der Waals surface area (Å²) < 4.78 is 36.8. The Morgan fingerprint density at radius 2 is 1.79 bits per heavy atom. The predicted octanol–water partition coefficient (Wildman–Crippen LogP) is 1.56. The number of aliphatic carboxylic acids is 1. The number of carboxylic acid groups (broad SMARTS) is 1. The summed E-state index contributed by atoms with van der Waals surface area (Å²) in [6, 6.07) is -0.327. The second-order valence-electron chi connectivity index (χ2n) is 5.36. The van der Waals surface area contributed by atoms with Crippen molar-refractivity contribution >= 4 is 5.97 Å². The Balaban J connectivity index is 1.84. The van der Waals surface area contributed by atoms with Gasteiger partial charge in [-0.3, -0.25) is 14.6 Å². The zero-order valence-electron chi connectivity index (χ0n) is 10.7. The first-order chi connectivity index (χ1) is 8.87. The Morgan fingerprint density at radius 1 is 1.16 bits per heavy atom. The average Bonchev–Trinajstić information content (AvgIpc) is 2.76. The van der Waals surface area contributed by atoms with Crippen molar-refractivity contribution in [1.82, 2.24) is 9.80 Å². The fourth-order valence-electron chi connectivity index (χ4n) is 3.15. The largest absolute Gasteiger partial charge is 0.480 e. The van der Waals surface area contributed by atoms with Gasteiger partial charge in [-0.25, -0.2) is 0 Å². The van der Waals surface area contributed by atoms with Crippen LogP contribution in [0.25, 0.3) is 0 Å². The van der Waals surface area contributed by atoms with E-state index in [0.29, 0.717) is 32.4 Å². The molecule has 0 aromatic carbocycles. The Labute approximate surface area is 110 Å². The molecule has 0 radical (unpaired) electrons. The zero-order chi connectivity index (χ0) is 14.0. The van der Waals surface area contributed by atoms with Crippen molar-refractivity contribution in [3.05, 3.63) is 0 Å². The number of hydrogen-bond acceptors (Lipinski definition) is 3. The first-order valence-electron chi connectivity index (χ1n) is 6.64. The third-order valence-corrected chi connectivity index (χ3v) is 4.01. The molecule has 7 heteroatoms. The van der Waals surface area contributed by atoms with Crippen LogP contribution in [0.3, 0.4) is 0 Å². The summed E-state index contributed by atoms with van der Waals surface area (Å²) in [5.41, 5.74) is 0. The minimum Gasteiger partial charge on any atom is -0.480 e. The van der Waals surface area contributed by atoms with Gasteiger partial charge in [0.05, 0.1) is 6.54 Å². The summed E-state index contributed by atoms with van der Waals surface area (Å²) in [6.45, 7) is 0.684. The Hall–Kier alpha value is -0.820. The first kappa shape index (κ1) is 14.6. The maximum atomic E-state index is 12.3.